The molecule has 0 saturated carbocycles. The van der Waals surface area contributed by atoms with E-state index in [-0.39, 0.29) is 6.04 Å². The molecule has 0 radical (unpaired) electrons. The van der Waals surface area contributed by atoms with Crippen LogP contribution in [0.1, 0.15) is 18.9 Å². The highest BCUT2D eigenvalue weighted by Crippen LogP contribution is 2.37. The van der Waals surface area contributed by atoms with Gasteiger partial charge in [0, 0.05) is 12.6 Å². The summed E-state index contributed by atoms with van der Waals surface area (Å²) in [5, 5.41) is 0. The van der Waals surface area contributed by atoms with E-state index in [4.69, 9.17) is 15.2 Å². The lowest BCUT2D eigenvalue weighted by Crippen LogP contribution is -2.21. The predicted octanol–water partition coefficient (Wildman–Crippen LogP) is 2.68. The Balaban J connectivity index is 2.84. The van der Waals surface area contributed by atoms with Crippen LogP contribution in [0, 0.1) is 0 Å². The summed E-state index contributed by atoms with van der Waals surface area (Å²) < 4.78 is 12.2. The highest BCUT2D eigenvalue weighted by Gasteiger charge is 2.13. The Morgan fingerprint density at radius 3 is 2.60 bits per heavy atom. The molecule has 5 heteroatoms. The second-order valence-corrected chi connectivity index (χ2v) is 5.99. The van der Waals surface area contributed by atoms with E-state index in [1.807, 2.05) is 20.2 Å². The second kappa shape index (κ2) is 8.49. The first-order valence-electron chi connectivity index (χ1n) is 6.87. The highest BCUT2D eigenvalue weighted by molar-refractivity contribution is 9.10. The molecule has 1 aromatic rings. The van der Waals surface area contributed by atoms with E-state index in [0.29, 0.717) is 6.61 Å². The third-order valence-corrected chi connectivity index (χ3v) is 3.69. The van der Waals surface area contributed by atoms with Crippen molar-refractivity contribution < 1.29 is 9.47 Å². The molecule has 0 spiro atoms. The van der Waals surface area contributed by atoms with Crippen molar-refractivity contribution in [2.24, 2.45) is 5.73 Å². The van der Waals surface area contributed by atoms with Gasteiger partial charge in [-0.3, -0.25) is 0 Å². The summed E-state index contributed by atoms with van der Waals surface area (Å²) in [5.74, 6) is 1.50. The maximum Gasteiger partial charge on any atom is 0.175 e. The summed E-state index contributed by atoms with van der Waals surface area (Å²) >= 11 is 3.56. The number of rotatable bonds is 8. The molecule has 0 aromatic heterocycles. The molecule has 0 fully saturated rings. The van der Waals surface area contributed by atoms with Gasteiger partial charge in [-0.2, -0.15) is 0 Å². The summed E-state index contributed by atoms with van der Waals surface area (Å²) in [6.45, 7) is 3.57. The zero-order valence-electron chi connectivity index (χ0n) is 12.8. The van der Waals surface area contributed by atoms with Gasteiger partial charge in [-0.1, -0.05) is 6.92 Å². The molecule has 1 rings (SSSR count). The Hall–Kier alpha value is -0.780. The number of benzene rings is 1. The van der Waals surface area contributed by atoms with Gasteiger partial charge in [0.15, 0.2) is 11.5 Å². The molecule has 20 heavy (non-hydrogen) atoms. The summed E-state index contributed by atoms with van der Waals surface area (Å²) in [6, 6.07) is 4.24. The Bertz CT molecular complexity index is 425. The van der Waals surface area contributed by atoms with Gasteiger partial charge < -0.3 is 20.1 Å². The molecule has 0 bridgehead atoms. The molecule has 1 aromatic carbocycles. The molecule has 0 amide bonds. The van der Waals surface area contributed by atoms with Crippen LogP contribution in [0.15, 0.2) is 16.6 Å². The fraction of sp³-hybridized carbons (Fsp3) is 0.600. The van der Waals surface area contributed by atoms with Crippen LogP contribution in [-0.2, 0) is 6.42 Å². The van der Waals surface area contributed by atoms with Crippen molar-refractivity contribution in [3.05, 3.63) is 22.2 Å². The van der Waals surface area contributed by atoms with Crippen LogP contribution in [0.4, 0.5) is 0 Å². The van der Waals surface area contributed by atoms with Gasteiger partial charge in [0.25, 0.3) is 0 Å². The van der Waals surface area contributed by atoms with Crippen LogP contribution in [0.5, 0.6) is 11.5 Å². The molecule has 1 atom stereocenters. The molecule has 0 heterocycles. The van der Waals surface area contributed by atoms with E-state index in [0.717, 1.165) is 40.9 Å². The van der Waals surface area contributed by atoms with Crippen molar-refractivity contribution in [2.75, 3.05) is 34.4 Å². The average Bonchev–Trinajstić information content (AvgIpc) is 2.40. The van der Waals surface area contributed by atoms with Crippen molar-refractivity contribution in [2.45, 2.75) is 25.8 Å². The second-order valence-electron chi connectivity index (χ2n) is 5.13. The molecule has 0 aliphatic heterocycles. The number of ether oxygens (including phenoxy) is 2. The minimum Gasteiger partial charge on any atom is -0.493 e. The summed E-state index contributed by atoms with van der Waals surface area (Å²) in [4.78, 5) is 2.08. The average molecular weight is 345 g/mol. The number of halogens is 1. The number of hydrogen-bond acceptors (Lipinski definition) is 4. The predicted molar refractivity (Wildman–Crippen MR) is 86.7 cm³/mol. The van der Waals surface area contributed by atoms with Crippen molar-refractivity contribution in [1.29, 1.82) is 0 Å². The van der Waals surface area contributed by atoms with Crippen LogP contribution in [0.25, 0.3) is 0 Å². The van der Waals surface area contributed by atoms with Crippen LogP contribution in [-0.4, -0.2) is 45.3 Å². The first-order valence-corrected chi connectivity index (χ1v) is 7.66. The van der Waals surface area contributed by atoms with Gasteiger partial charge >= 0.3 is 0 Å². The largest absolute Gasteiger partial charge is 0.493 e. The number of nitrogens with two attached hydrogens (primary N) is 1. The maximum atomic E-state index is 6.01. The lowest BCUT2D eigenvalue weighted by atomic mass is 10.0. The number of hydrogen-bond donors (Lipinski definition) is 1. The first kappa shape index (κ1) is 17.3. The topological polar surface area (TPSA) is 47.7 Å². The monoisotopic (exact) mass is 344 g/mol. The van der Waals surface area contributed by atoms with E-state index in [2.05, 4.69) is 33.8 Å². The fourth-order valence-electron chi connectivity index (χ4n) is 1.81. The van der Waals surface area contributed by atoms with Gasteiger partial charge in [-0.05, 0) is 60.6 Å². The number of likely N-dealkylation sites (N-methyl/N-ethyl adjacent to an activating group) is 1. The quantitative estimate of drug-likeness (QED) is 0.787. The molecule has 4 nitrogen and oxygen atoms in total. The third-order valence-electron chi connectivity index (χ3n) is 3.10. The Morgan fingerprint density at radius 2 is 2.05 bits per heavy atom. The lowest BCUT2D eigenvalue weighted by molar-refractivity contribution is 0.249. The minimum absolute atomic E-state index is 0.173. The normalized spacial score (nSPS) is 12.6. The highest BCUT2D eigenvalue weighted by atomic mass is 79.9. The van der Waals surface area contributed by atoms with E-state index >= 15 is 0 Å². The fourth-order valence-corrected chi connectivity index (χ4v) is 2.41. The van der Waals surface area contributed by atoms with Gasteiger partial charge in [-0.25, -0.2) is 0 Å². The summed E-state index contributed by atoms with van der Waals surface area (Å²) in [7, 11) is 5.69. The van der Waals surface area contributed by atoms with E-state index in [1.165, 1.54) is 0 Å². The molecule has 0 aliphatic rings. The van der Waals surface area contributed by atoms with Crippen molar-refractivity contribution in [3.63, 3.8) is 0 Å². The third kappa shape index (κ3) is 5.31. The first-order chi connectivity index (χ1) is 9.47. The maximum absolute atomic E-state index is 6.01. The molecule has 1 unspecified atom stereocenters. The van der Waals surface area contributed by atoms with Crippen molar-refractivity contribution in [1.82, 2.24) is 4.90 Å². The zero-order chi connectivity index (χ0) is 15.1. The molecule has 0 saturated heterocycles. The summed E-state index contributed by atoms with van der Waals surface area (Å²) in [6.07, 6.45) is 1.80. The number of methoxy groups -OCH3 is 1. The van der Waals surface area contributed by atoms with Gasteiger partial charge in [-0.15, -0.1) is 0 Å². The number of nitrogens with zero attached hydrogens (tertiary/aromatic N) is 1. The molecular weight excluding hydrogens is 320 g/mol. The standard InChI is InChI=1S/C15H25BrN2O2/c1-5-12(17)8-11-9-13(16)15(14(10-11)19-4)20-7-6-18(2)3/h9-10,12H,5-8,17H2,1-4H3. The molecule has 0 aliphatic carbocycles. The molecule has 2 N–H and O–H groups in total. The van der Waals surface area contributed by atoms with E-state index < -0.39 is 0 Å². The van der Waals surface area contributed by atoms with E-state index in [1.54, 1.807) is 7.11 Å². The molecular formula is C15H25BrN2O2. The van der Waals surface area contributed by atoms with Gasteiger partial charge in [0.1, 0.15) is 6.61 Å². The van der Waals surface area contributed by atoms with E-state index in [9.17, 15) is 0 Å². The Morgan fingerprint density at radius 1 is 1.35 bits per heavy atom. The lowest BCUT2D eigenvalue weighted by Gasteiger charge is -2.17. The SMILES string of the molecule is CCC(N)Cc1cc(Br)c(OCCN(C)C)c(OC)c1. The van der Waals surface area contributed by atoms with Gasteiger partial charge in [0.05, 0.1) is 11.6 Å². The van der Waals surface area contributed by atoms with Gasteiger partial charge in [0.2, 0.25) is 0 Å². The zero-order valence-corrected chi connectivity index (χ0v) is 14.4. The van der Waals surface area contributed by atoms with Crippen LogP contribution < -0.4 is 15.2 Å². The summed E-state index contributed by atoms with van der Waals surface area (Å²) in [5.41, 5.74) is 7.16. The van der Waals surface area contributed by atoms with Crippen LogP contribution in [0.2, 0.25) is 0 Å². The van der Waals surface area contributed by atoms with Crippen molar-refractivity contribution in [3.8, 4) is 11.5 Å². The Labute approximate surface area is 130 Å². The Kier molecular flexibility index (Phi) is 7.34. The van der Waals surface area contributed by atoms with Crippen LogP contribution >= 0.6 is 15.9 Å². The minimum atomic E-state index is 0.173. The van der Waals surface area contributed by atoms with Crippen molar-refractivity contribution >= 4 is 15.9 Å². The van der Waals surface area contributed by atoms with Crippen LogP contribution in [0.3, 0.4) is 0 Å². The smallest absolute Gasteiger partial charge is 0.175 e. The molecule has 114 valence electrons.